The van der Waals surface area contributed by atoms with E-state index in [-0.39, 0.29) is 12.5 Å². The van der Waals surface area contributed by atoms with Crippen LogP contribution >= 0.6 is 0 Å². The number of hydrogen-bond acceptors (Lipinski definition) is 5. The van der Waals surface area contributed by atoms with Crippen LogP contribution in [0.1, 0.15) is 38.2 Å². The van der Waals surface area contributed by atoms with E-state index in [0.717, 1.165) is 12.3 Å². The van der Waals surface area contributed by atoms with Crippen LogP contribution < -0.4 is 10.1 Å². The van der Waals surface area contributed by atoms with Crippen LogP contribution in [0.5, 0.6) is 5.75 Å². The lowest BCUT2D eigenvalue weighted by Crippen LogP contribution is -2.29. The van der Waals surface area contributed by atoms with Crippen LogP contribution in [0.2, 0.25) is 0 Å². The fourth-order valence-electron chi connectivity index (χ4n) is 2.78. The van der Waals surface area contributed by atoms with Gasteiger partial charge < -0.3 is 14.8 Å². The van der Waals surface area contributed by atoms with Crippen LogP contribution in [0.25, 0.3) is 0 Å². The monoisotopic (exact) mass is 348 g/mol. The Morgan fingerprint density at radius 3 is 2.52 bits per heavy atom. The van der Waals surface area contributed by atoms with Crippen LogP contribution in [-0.4, -0.2) is 49.6 Å². The Labute approximate surface area is 149 Å². The average molecular weight is 348 g/mol. The highest BCUT2D eigenvalue weighted by Gasteiger charge is 2.10. The van der Waals surface area contributed by atoms with Gasteiger partial charge >= 0.3 is 5.97 Å². The van der Waals surface area contributed by atoms with Gasteiger partial charge in [-0.25, -0.2) is 0 Å². The molecule has 1 aliphatic rings. The Morgan fingerprint density at radius 1 is 1.12 bits per heavy atom. The van der Waals surface area contributed by atoms with E-state index in [2.05, 4.69) is 27.1 Å². The second-order valence-corrected chi connectivity index (χ2v) is 6.31. The molecular weight excluding hydrogens is 320 g/mol. The summed E-state index contributed by atoms with van der Waals surface area (Å²) in [5.74, 6) is 0.0908. The van der Waals surface area contributed by atoms with Crippen molar-refractivity contribution in [2.75, 3.05) is 32.8 Å². The van der Waals surface area contributed by atoms with Crippen molar-refractivity contribution in [1.29, 1.82) is 0 Å². The van der Waals surface area contributed by atoms with E-state index < -0.39 is 5.97 Å². The zero-order valence-electron chi connectivity index (χ0n) is 15.0. The molecule has 1 aromatic rings. The number of piperidine rings is 1. The van der Waals surface area contributed by atoms with E-state index in [4.69, 9.17) is 4.74 Å². The molecule has 0 bridgehead atoms. The van der Waals surface area contributed by atoms with E-state index in [1.165, 1.54) is 44.8 Å². The largest absolute Gasteiger partial charge is 0.494 e. The molecule has 0 unspecified atom stereocenters. The standard InChI is InChI=1S/C19H28N2O4/c1-16(22)25-15-19(23)20-10-5-13-24-18-8-6-17(7-9-18)14-21-11-3-2-4-12-21/h6-9H,2-5,10-15H2,1H3,(H,20,23). The van der Waals surface area contributed by atoms with Gasteiger partial charge in [0.05, 0.1) is 6.61 Å². The molecule has 6 nitrogen and oxygen atoms in total. The fraction of sp³-hybridized carbons (Fsp3) is 0.579. The van der Waals surface area contributed by atoms with Gasteiger partial charge in [0.2, 0.25) is 0 Å². The molecule has 138 valence electrons. The van der Waals surface area contributed by atoms with Crippen LogP contribution in [0.15, 0.2) is 24.3 Å². The highest BCUT2D eigenvalue weighted by molar-refractivity contribution is 5.79. The zero-order chi connectivity index (χ0) is 17.9. The Morgan fingerprint density at radius 2 is 1.84 bits per heavy atom. The summed E-state index contributed by atoms with van der Waals surface area (Å²) < 4.78 is 10.3. The molecule has 1 fully saturated rings. The van der Waals surface area contributed by atoms with Gasteiger partial charge in [-0.15, -0.1) is 0 Å². The molecule has 25 heavy (non-hydrogen) atoms. The molecule has 0 atom stereocenters. The van der Waals surface area contributed by atoms with Crippen LogP contribution in [0, 0.1) is 0 Å². The number of rotatable bonds is 9. The molecule has 0 radical (unpaired) electrons. The van der Waals surface area contributed by atoms with E-state index >= 15 is 0 Å². The predicted molar refractivity (Wildman–Crippen MR) is 95.3 cm³/mol. The number of esters is 1. The zero-order valence-corrected chi connectivity index (χ0v) is 15.0. The maximum absolute atomic E-state index is 11.3. The number of hydrogen-bond donors (Lipinski definition) is 1. The van der Waals surface area contributed by atoms with Gasteiger partial charge in [0, 0.05) is 20.0 Å². The number of likely N-dealkylation sites (tertiary alicyclic amines) is 1. The van der Waals surface area contributed by atoms with E-state index in [1.807, 2.05) is 12.1 Å². The van der Waals surface area contributed by atoms with Crippen molar-refractivity contribution in [2.45, 2.75) is 39.2 Å². The van der Waals surface area contributed by atoms with Gasteiger partial charge in [-0.2, -0.15) is 0 Å². The summed E-state index contributed by atoms with van der Waals surface area (Å²) in [5, 5.41) is 2.68. The molecule has 1 aliphatic heterocycles. The molecule has 0 spiro atoms. The van der Waals surface area contributed by atoms with Crippen molar-refractivity contribution in [3.8, 4) is 5.75 Å². The molecule has 1 N–H and O–H groups in total. The summed E-state index contributed by atoms with van der Waals surface area (Å²) in [6.07, 6.45) is 4.66. The SMILES string of the molecule is CC(=O)OCC(=O)NCCCOc1ccc(CN2CCCCC2)cc1. The third-order valence-corrected chi connectivity index (χ3v) is 4.10. The topological polar surface area (TPSA) is 67.9 Å². The van der Waals surface area contributed by atoms with Crippen molar-refractivity contribution in [3.05, 3.63) is 29.8 Å². The first-order valence-corrected chi connectivity index (χ1v) is 8.97. The predicted octanol–water partition coefficient (Wildman–Crippen LogP) is 2.12. The molecule has 2 rings (SSSR count). The van der Waals surface area contributed by atoms with Gasteiger partial charge in [0.1, 0.15) is 5.75 Å². The lowest BCUT2D eigenvalue weighted by atomic mass is 10.1. The molecule has 1 amide bonds. The molecule has 6 heteroatoms. The van der Waals surface area contributed by atoms with E-state index in [9.17, 15) is 9.59 Å². The minimum Gasteiger partial charge on any atom is -0.494 e. The van der Waals surface area contributed by atoms with Crippen LogP contribution in [0.3, 0.4) is 0 Å². The molecule has 0 aliphatic carbocycles. The first-order valence-electron chi connectivity index (χ1n) is 8.97. The number of amides is 1. The lowest BCUT2D eigenvalue weighted by Gasteiger charge is -2.26. The highest BCUT2D eigenvalue weighted by atomic mass is 16.5. The van der Waals surface area contributed by atoms with Crippen molar-refractivity contribution < 1.29 is 19.1 Å². The summed E-state index contributed by atoms with van der Waals surface area (Å²) in [5.41, 5.74) is 1.31. The number of carbonyl (C=O) groups is 2. The van der Waals surface area contributed by atoms with Gasteiger partial charge in [-0.1, -0.05) is 18.6 Å². The minimum absolute atomic E-state index is 0.228. The van der Waals surface area contributed by atoms with Crippen molar-refractivity contribution >= 4 is 11.9 Å². The third kappa shape index (κ3) is 8.03. The quantitative estimate of drug-likeness (QED) is 0.547. The molecule has 1 saturated heterocycles. The van der Waals surface area contributed by atoms with Crippen molar-refractivity contribution in [3.63, 3.8) is 0 Å². The number of benzene rings is 1. The number of nitrogens with zero attached hydrogens (tertiary/aromatic N) is 1. The van der Waals surface area contributed by atoms with Gasteiger partial charge in [-0.3, -0.25) is 14.5 Å². The first-order chi connectivity index (χ1) is 12.1. The smallest absolute Gasteiger partial charge is 0.303 e. The molecule has 1 aromatic carbocycles. The van der Waals surface area contributed by atoms with Crippen LogP contribution in [0.4, 0.5) is 0 Å². The molecule has 0 aromatic heterocycles. The lowest BCUT2D eigenvalue weighted by molar-refractivity contribution is -0.146. The normalized spacial score (nSPS) is 14.8. The third-order valence-electron chi connectivity index (χ3n) is 4.10. The second-order valence-electron chi connectivity index (χ2n) is 6.31. The summed E-state index contributed by atoms with van der Waals surface area (Å²) >= 11 is 0. The molecular formula is C19H28N2O4. The summed E-state index contributed by atoms with van der Waals surface area (Å²) in [4.78, 5) is 24.4. The van der Waals surface area contributed by atoms with E-state index in [1.54, 1.807) is 0 Å². The number of nitrogens with one attached hydrogen (secondary N) is 1. The first kappa shape index (κ1) is 19.2. The fourth-order valence-corrected chi connectivity index (χ4v) is 2.78. The Balaban J connectivity index is 1.58. The Bertz CT molecular complexity index is 539. The van der Waals surface area contributed by atoms with Crippen molar-refractivity contribution in [1.82, 2.24) is 10.2 Å². The highest BCUT2D eigenvalue weighted by Crippen LogP contribution is 2.16. The van der Waals surface area contributed by atoms with E-state index in [0.29, 0.717) is 19.6 Å². The molecule has 0 saturated carbocycles. The van der Waals surface area contributed by atoms with Crippen molar-refractivity contribution in [2.24, 2.45) is 0 Å². The molecule has 1 heterocycles. The second kappa shape index (κ2) is 10.7. The minimum atomic E-state index is -0.456. The van der Waals surface area contributed by atoms with Crippen LogP contribution in [-0.2, 0) is 20.9 Å². The Hall–Kier alpha value is -2.08. The van der Waals surface area contributed by atoms with Gasteiger partial charge in [0.15, 0.2) is 6.61 Å². The number of ether oxygens (including phenoxy) is 2. The average Bonchev–Trinajstić information content (AvgIpc) is 2.62. The summed E-state index contributed by atoms with van der Waals surface area (Å²) in [6.45, 7) is 5.47. The summed E-state index contributed by atoms with van der Waals surface area (Å²) in [7, 11) is 0. The van der Waals surface area contributed by atoms with Gasteiger partial charge in [-0.05, 0) is 50.0 Å². The van der Waals surface area contributed by atoms with Gasteiger partial charge in [0.25, 0.3) is 5.91 Å². The number of carbonyl (C=O) groups excluding carboxylic acids is 2. The maximum Gasteiger partial charge on any atom is 0.303 e. The Kier molecular flexibility index (Phi) is 8.25. The maximum atomic E-state index is 11.3. The summed E-state index contributed by atoms with van der Waals surface area (Å²) in [6, 6.07) is 8.23.